The molecule has 0 spiro atoms. The van der Waals surface area contributed by atoms with Crippen LogP contribution >= 0.6 is 0 Å². The number of urea groups is 1. The molecule has 5 N–H and O–H groups in total. The third-order valence-electron chi connectivity index (χ3n) is 3.43. The maximum absolute atomic E-state index is 11.9. The summed E-state index contributed by atoms with van der Waals surface area (Å²) in [7, 11) is 0. The predicted molar refractivity (Wildman–Crippen MR) is 66.5 cm³/mol. The first-order valence-corrected chi connectivity index (χ1v) is 6.01. The monoisotopic (exact) mass is 284 g/mol. The van der Waals surface area contributed by atoms with E-state index >= 15 is 0 Å². The zero-order chi connectivity index (χ0) is 14.9. The minimum absolute atomic E-state index is 0.501. The third-order valence-corrected chi connectivity index (χ3v) is 3.43. The van der Waals surface area contributed by atoms with Crippen molar-refractivity contribution in [3.63, 3.8) is 0 Å². The molecule has 0 aromatic rings. The molecule has 10 heteroatoms. The van der Waals surface area contributed by atoms with Crippen LogP contribution in [0.15, 0.2) is 17.4 Å². The molecule has 0 saturated carbocycles. The molecule has 2 aliphatic heterocycles. The third kappa shape index (κ3) is 2.19. The van der Waals surface area contributed by atoms with Gasteiger partial charge in [-0.25, -0.2) is 4.79 Å². The number of rotatable bonds is 3. The zero-order valence-electron chi connectivity index (χ0n) is 10.7. The second kappa shape index (κ2) is 5.27. The highest BCUT2D eigenvalue weighted by atomic mass is 16.6. The number of hydrogen-bond donors (Lipinski definition) is 4. The van der Waals surface area contributed by atoms with Crippen LogP contribution in [0.25, 0.3) is 10.4 Å². The van der Waals surface area contributed by atoms with Gasteiger partial charge in [0.1, 0.15) is 6.23 Å². The number of nitrogens with two attached hydrogens (primary N) is 1. The number of ether oxygens (including phenoxy) is 1. The van der Waals surface area contributed by atoms with Crippen LogP contribution in [0.5, 0.6) is 0 Å². The zero-order valence-corrected chi connectivity index (χ0v) is 10.7. The van der Waals surface area contributed by atoms with E-state index in [1.54, 1.807) is 6.92 Å². The second-order valence-electron chi connectivity index (χ2n) is 4.73. The predicted octanol–water partition coefficient (Wildman–Crippen LogP) is -0.838. The molecule has 0 aromatic carbocycles. The molecule has 1 fully saturated rings. The molecule has 10 nitrogen and oxygen atoms in total. The van der Waals surface area contributed by atoms with E-state index in [9.17, 15) is 15.0 Å². The summed E-state index contributed by atoms with van der Waals surface area (Å²) in [5, 5.41) is 25.3. The summed E-state index contributed by atoms with van der Waals surface area (Å²) in [4.78, 5) is 15.6. The van der Waals surface area contributed by atoms with Crippen molar-refractivity contribution in [1.29, 1.82) is 0 Å². The van der Waals surface area contributed by atoms with Crippen LogP contribution in [0.4, 0.5) is 4.79 Å². The van der Waals surface area contributed by atoms with Crippen molar-refractivity contribution in [2.75, 3.05) is 6.61 Å². The molecule has 110 valence electrons. The summed E-state index contributed by atoms with van der Waals surface area (Å²) in [5.74, 6) is -0.572. The number of nitrogens with zero attached hydrogens (tertiary/aromatic N) is 4. The molecule has 5 unspecified atom stereocenters. The van der Waals surface area contributed by atoms with Gasteiger partial charge in [0.25, 0.3) is 0 Å². The number of aliphatic hydroxyl groups excluding tert-OH is 2. The number of hydrogen-bond acceptors (Lipinski definition) is 6. The maximum atomic E-state index is 11.9. The maximum Gasteiger partial charge on any atom is 0.325 e. The molecule has 0 aromatic heterocycles. The first-order valence-electron chi connectivity index (χ1n) is 6.01. The first kappa shape index (κ1) is 14.6. The average Bonchev–Trinajstić information content (AvgIpc) is 2.65. The van der Waals surface area contributed by atoms with Gasteiger partial charge in [0.2, 0.25) is 0 Å². The van der Waals surface area contributed by atoms with E-state index < -0.39 is 42.8 Å². The molecule has 2 amide bonds. The average molecular weight is 284 g/mol. The number of aliphatic hydroxyl groups is 2. The van der Waals surface area contributed by atoms with Crippen molar-refractivity contribution in [3.8, 4) is 0 Å². The molecule has 0 radical (unpaired) electrons. The molecule has 20 heavy (non-hydrogen) atoms. The highest BCUT2D eigenvalue weighted by Crippen LogP contribution is 2.38. The fraction of sp³-hybridized carbons (Fsp3) is 0.700. The van der Waals surface area contributed by atoms with Gasteiger partial charge in [-0.3, -0.25) is 4.90 Å². The Hall–Kier alpha value is -1.84. The molecule has 1 saturated heterocycles. The van der Waals surface area contributed by atoms with E-state index in [0.717, 1.165) is 0 Å². The Balaban J connectivity index is 2.29. The Morgan fingerprint density at radius 2 is 2.45 bits per heavy atom. The molecule has 2 aliphatic rings. The van der Waals surface area contributed by atoms with Crippen molar-refractivity contribution in [2.45, 2.75) is 31.1 Å². The largest absolute Gasteiger partial charge is 0.393 e. The quantitative estimate of drug-likeness (QED) is 0.302. The van der Waals surface area contributed by atoms with Gasteiger partial charge in [-0.15, -0.1) is 0 Å². The number of azide groups is 1. The van der Waals surface area contributed by atoms with Crippen LogP contribution in [0.3, 0.4) is 0 Å². The van der Waals surface area contributed by atoms with Gasteiger partial charge in [0, 0.05) is 17.0 Å². The van der Waals surface area contributed by atoms with Crippen LogP contribution in [0.2, 0.25) is 0 Å². The smallest absolute Gasteiger partial charge is 0.325 e. The minimum Gasteiger partial charge on any atom is -0.393 e. The summed E-state index contributed by atoms with van der Waals surface area (Å²) in [6.07, 6.45) is 0.244. The van der Waals surface area contributed by atoms with Crippen molar-refractivity contribution in [3.05, 3.63) is 22.7 Å². The highest BCUT2D eigenvalue weighted by molar-refractivity contribution is 5.77. The Labute approximate surface area is 114 Å². The Morgan fingerprint density at radius 1 is 1.75 bits per heavy atom. The van der Waals surface area contributed by atoms with Crippen molar-refractivity contribution in [1.82, 2.24) is 10.2 Å². The van der Waals surface area contributed by atoms with Crippen LogP contribution in [-0.4, -0.2) is 52.0 Å². The lowest BCUT2D eigenvalue weighted by molar-refractivity contribution is -0.127. The summed E-state index contributed by atoms with van der Waals surface area (Å²) in [6.45, 7) is 0.924. The van der Waals surface area contributed by atoms with Crippen molar-refractivity contribution < 1.29 is 19.7 Å². The van der Waals surface area contributed by atoms with Gasteiger partial charge < -0.3 is 26.0 Å². The van der Waals surface area contributed by atoms with Crippen LogP contribution < -0.4 is 11.1 Å². The fourth-order valence-electron chi connectivity index (χ4n) is 2.30. The van der Waals surface area contributed by atoms with Crippen molar-refractivity contribution in [2.24, 2.45) is 16.8 Å². The normalized spacial score (nSPS) is 40.4. The van der Waals surface area contributed by atoms with Gasteiger partial charge in [-0.2, -0.15) is 0 Å². The summed E-state index contributed by atoms with van der Waals surface area (Å²) >= 11 is 0. The number of nitrogens with one attached hydrogen (secondary N) is 1. The summed E-state index contributed by atoms with van der Waals surface area (Å²) < 4.78 is 5.46. The van der Waals surface area contributed by atoms with E-state index in [0.29, 0.717) is 0 Å². The van der Waals surface area contributed by atoms with E-state index in [2.05, 4.69) is 15.3 Å². The van der Waals surface area contributed by atoms with Gasteiger partial charge >= 0.3 is 6.03 Å². The molecular formula is C10H16N6O4. The van der Waals surface area contributed by atoms with Crippen LogP contribution in [0.1, 0.15) is 6.92 Å². The van der Waals surface area contributed by atoms with Gasteiger partial charge in [-0.05, 0) is 11.6 Å². The minimum atomic E-state index is -1.80. The number of amides is 2. The highest BCUT2D eigenvalue weighted by Gasteiger charge is 2.54. The lowest BCUT2D eigenvalue weighted by Crippen LogP contribution is -2.53. The van der Waals surface area contributed by atoms with E-state index in [4.69, 9.17) is 16.0 Å². The standard InChI is InChI=1S/C10H16N6O4/c1-5-7(18)10(4-17,14-15-12)20-8(5)16-3-2-6(11)13-9(16)19/h2-3,5-8,17-18H,4,11H2,1H3,(H,13,19). The molecule has 5 atom stereocenters. The topological polar surface area (TPSA) is 157 Å². The lowest BCUT2D eigenvalue weighted by atomic mass is 9.98. The molecule has 2 rings (SSSR count). The Morgan fingerprint density at radius 3 is 3.00 bits per heavy atom. The number of carbonyl (C=O) groups excluding carboxylic acids is 1. The fourth-order valence-corrected chi connectivity index (χ4v) is 2.30. The summed E-state index contributed by atoms with van der Waals surface area (Å²) in [5.41, 5.74) is 12.3. The van der Waals surface area contributed by atoms with E-state index in [1.165, 1.54) is 17.2 Å². The SMILES string of the molecule is CC1C(N2C=CC(N)NC2=O)OC(CO)(N=[N+]=[N-])C1O. The van der Waals surface area contributed by atoms with E-state index in [1.807, 2.05) is 0 Å². The first-order chi connectivity index (χ1) is 9.45. The molecule has 0 bridgehead atoms. The van der Waals surface area contributed by atoms with Gasteiger partial charge in [0.05, 0.1) is 18.9 Å². The molecular weight excluding hydrogens is 268 g/mol. The van der Waals surface area contributed by atoms with Crippen LogP contribution in [0, 0.1) is 5.92 Å². The van der Waals surface area contributed by atoms with Gasteiger partial charge in [0.15, 0.2) is 5.72 Å². The Bertz CT molecular complexity index is 478. The number of carbonyl (C=O) groups is 1. The molecule has 0 aliphatic carbocycles. The van der Waals surface area contributed by atoms with E-state index in [-0.39, 0.29) is 0 Å². The van der Waals surface area contributed by atoms with Gasteiger partial charge in [-0.1, -0.05) is 12.0 Å². The Kier molecular flexibility index (Phi) is 3.84. The van der Waals surface area contributed by atoms with Crippen LogP contribution in [-0.2, 0) is 4.74 Å². The summed E-state index contributed by atoms with van der Waals surface area (Å²) in [6, 6.07) is -0.501. The lowest BCUT2D eigenvalue weighted by Gasteiger charge is -2.32. The second-order valence-corrected chi connectivity index (χ2v) is 4.73. The van der Waals surface area contributed by atoms with Crippen molar-refractivity contribution >= 4 is 6.03 Å². The molecule has 2 heterocycles.